The van der Waals surface area contributed by atoms with E-state index in [1.807, 2.05) is 0 Å². The first-order valence-corrected chi connectivity index (χ1v) is 5.17. The molecule has 0 aromatic heterocycles. The average Bonchev–Trinajstić information content (AvgIpc) is 2.71. The van der Waals surface area contributed by atoms with Crippen molar-refractivity contribution in [2.45, 2.75) is 50.9 Å². The van der Waals surface area contributed by atoms with Gasteiger partial charge in [0.1, 0.15) is 0 Å². The van der Waals surface area contributed by atoms with Crippen molar-refractivity contribution in [2.24, 2.45) is 0 Å². The summed E-state index contributed by atoms with van der Waals surface area (Å²) in [6.07, 6.45) is 8.24. The molecule has 0 aliphatic carbocycles. The molecule has 0 saturated carbocycles. The zero-order chi connectivity index (χ0) is 7.23. The monoisotopic (exact) mass is 161 g/mol. The third-order valence-electron chi connectivity index (χ3n) is 1.81. The summed E-state index contributed by atoms with van der Waals surface area (Å²) in [5, 5.41) is 0. The van der Waals surface area contributed by atoms with Crippen molar-refractivity contribution in [1.82, 2.24) is 0 Å². The van der Waals surface area contributed by atoms with Gasteiger partial charge in [0, 0.05) is 6.42 Å². The Bertz CT molecular complexity index is 81.3. The molecule has 1 fully saturated rings. The first-order chi connectivity index (χ1) is 4.93. The van der Waals surface area contributed by atoms with Crippen LogP contribution in [0.5, 0.6) is 0 Å². The Morgan fingerprint density at radius 3 is 2.50 bits per heavy atom. The quantitative estimate of drug-likeness (QED) is 0.252. The van der Waals surface area contributed by atoms with Crippen molar-refractivity contribution in [3.8, 4) is 0 Å². The second kappa shape index (κ2) is 5.03. The van der Waals surface area contributed by atoms with Crippen molar-refractivity contribution in [3.63, 3.8) is 0 Å². The molecule has 0 unspecified atom stereocenters. The molecule has 1 aliphatic heterocycles. The number of rotatable bonds is 6. The van der Waals surface area contributed by atoms with E-state index in [0.29, 0.717) is 5.44 Å². The number of hydrogen-bond acceptors (Lipinski definition) is 1. The van der Waals surface area contributed by atoms with Crippen LogP contribution in [0.15, 0.2) is 0 Å². The molecule has 1 aliphatic rings. The number of hydrogen-bond donors (Lipinski definition) is 0. The standard InChI is InChI=1S/C8H16OS/c1-2-3-4-5-6-7-8-9-10-8/h8H,2-7H2,1H3/p+1/t8-/m1/s1. The van der Waals surface area contributed by atoms with Gasteiger partial charge in [0.15, 0.2) is 12.0 Å². The first kappa shape index (κ1) is 8.41. The van der Waals surface area contributed by atoms with E-state index in [2.05, 4.69) is 6.92 Å². The Labute approximate surface area is 67.7 Å². The highest BCUT2D eigenvalue weighted by molar-refractivity contribution is 7.79. The molecule has 1 rings (SSSR count). The van der Waals surface area contributed by atoms with Gasteiger partial charge in [-0.15, -0.1) is 4.18 Å². The first-order valence-electron chi connectivity index (χ1n) is 4.29. The van der Waals surface area contributed by atoms with Gasteiger partial charge in [0.2, 0.25) is 0 Å². The molecule has 0 amide bonds. The molecule has 0 spiro atoms. The highest BCUT2D eigenvalue weighted by Crippen LogP contribution is 2.20. The lowest BCUT2D eigenvalue weighted by molar-refractivity contribution is 0.424. The molecule has 0 aromatic carbocycles. The maximum Gasteiger partial charge on any atom is 0.296 e. The summed E-state index contributed by atoms with van der Waals surface area (Å²) in [5.74, 6) is 0. The lowest BCUT2D eigenvalue weighted by Gasteiger charge is -1.93. The van der Waals surface area contributed by atoms with Crippen LogP contribution in [0.2, 0.25) is 0 Å². The molecule has 0 radical (unpaired) electrons. The van der Waals surface area contributed by atoms with Gasteiger partial charge in [-0.05, 0) is 6.42 Å². The summed E-state index contributed by atoms with van der Waals surface area (Å²) in [4.78, 5) is 0. The Balaban J connectivity index is 1.68. The summed E-state index contributed by atoms with van der Waals surface area (Å²) in [6, 6.07) is 0. The second-order valence-corrected chi connectivity index (χ2v) is 3.87. The lowest BCUT2D eigenvalue weighted by atomic mass is 10.1. The molecule has 2 heteroatoms. The molecule has 60 valence electrons. The molecule has 0 N–H and O–H groups in total. The van der Waals surface area contributed by atoms with Crippen LogP contribution in [-0.2, 0) is 16.2 Å². The highest BCUT2D eigenvalue weighted by atomic mass is 32.2. The summed E-state index contributed by atoms with van der Waals surface area (Å²) in [5.41, 5.74) is 0.627. The lowest BCUT2D eigenvalue weighted by Crippen LogP contribution is -1.84. The van der Waals surface area contributed by atoms with Gasteiger partial charge in [0.05, 0.1) is 0 Å². The minimum absolute atomic E-state index is 0.627. The van der Waals surface area contributed by atoms with Gasteiger partial charge < -0.3 is 0 Å². The predicted octanol–water partition coefficient (Wildman–Crippen LogP) is 2.43. The van der Waals surface area contributed by atoms with Crippen LogP contribution in [0.25, 0.3) is 0 Å². The number of thiol groups is 1. The van der Waals surface area contributed by atoms with Gasteiger partial charge >= 0.3 is 0 Å². The SMILES string of the molecule is CCCCCCC[C@@H]1O[SH+]1. The van der Waals surface area contributed by atoms with E-state index in [1.54, 1.807) is 0 Å². The van der Waals surface area contributed by atoms with Gasteiger partial charge in [-0.3, -0.25) is 0 Å². The molecule has 1 nitrogen and oxygen atoms in total. The molecule has 1 atom stereocenters. The van der Waals surface area contributed by atoms with Crippen LogP contribution in [-0.4, -0.2) is 5.44 Å². The molecule has 1 heterocycles. The fourth-order valence-electron chi connectivity index (χ4n) is 1.07. The summed E-state index contributed by atoms with van der Waals surface area (Å²) in [7, 11) is 0. The minimum atomic E-state index is 0.627. The number of unbranched alkanes of at least 4 members (excludes halogenated alkanes) is 4. The zero-order valence-electron chi connectivity index (χ0n) is 6.68. The maximum absolute atomic E-state index is 5.09. The van der Waals surface area contributed by atoms with Crippen LogP contribution in [0.3, 0.4) is 0 Å². The largest absolute Gasteiger partial charge is 0.296 e. The van der Waals surface area contributed by atoms with Gasteiger partial charge in [0.25, 0.3) is 5.44 Å². The van der Waals surface area contributed by atoms with Crippen molar-refractivity contribution in [3.05, 3.63) is 0 Å². The highest BCUT2D eigenvalue weighted by Gasteiger charge is 2.36. The fourth-order valence-corrected chi connectivity index (χ4v) is 1.55. The van der Waals surface area contributed by atoms with Crippen LogP contribution in [0.1, 0.15) is 45.4 Å². The van der Waals surface area contributed by atoms with E-state index in [4.69, 9.17) is 4.18 Å². The molecule has 0 bridgehead atoms. The third-order valence-corrected chi connectivity index (χ3v) is 2.58. The van der Waals surface area contributed by atoms with Crippen LogP contribution in [0.4, 0.5) is 0 Å². The van der Waals surface area contributed by atoms with Crippen LogP contribution in [0, 0.1) is 0 Å². The van der Waals surface area contributed by atoms with Crippen molar-refractivity contribution in [2.75, 3.05) is 0 Å². The molecular weight excluding hydrogens is 144 g/mol. The van der Waals surface area contributed by atoms with Gasteiger partial charge in [-0.25, -0.2) is 0 Å². The summed E-state index contributed by atoms with van der Waals surface area (Å²) >= 11 is 1.23. The van der Waals surface area contributed by atoms with Gasteiger partial charge in [-0.1, -0.05) is 32.6 Å². The van der Waals surface area contributed by atoms with E-state index < -0.39 is 0 Å². The minimum Gasteiger partial charge on any atom is -0.114 e. The maximum atomic E-state index is 5.09. The fraction of sp³-hybridized carbons (Fsp3) is 1.00. The molecular formula is C8H17OS+. The Kier molecular flexibility index (Phi) is 4.23. The van der Waals surface area contributed by atoms with E-state index >= 15 is 0 Å². The van der Waals surface area contributed by atoms with Crippen LogP contribution < -0.4 is 0 Å². The molecule has 10 heavy (non-hydrogen) atoms. The van der Waals surface area contributed by atoms with E-state index in [9.17, 15) is 0 Å². The topological polar surface area (TPSA) is 12.5 Å². The molecule has 0 aromatic rings. The Hall–Kier alpha value is 0.310. The van der Waals surface area contributed by atoms with Crippen molar-refractivity contribution in [1.29, 1.82) is 0 Å². The third kappa shape index (κ3) is 4.18. The Morgan fingerprint density at radius 2 is 1.90 bits per heavy atom. The smallest absolute Gasteiger partial charge is 0.114 e. The Morgan fingerprint density at radius 1 is 1.20 bits per heavy atom. The second-order valence-electron chi connectivity index (χ2n) is 2.87. The van der Waals surface area contributed by atoms with E-state index in [-0.39, 0.29) is 0 Å². The predicted molar refractivity (Wildman–Crippen MR) is 47.0 cm³/mol. The van der Waals surface area contributed by atoms with Gasteiger partial charge in [-0.2, -0.15) is 0 Å². The average molecular weight is 161 g/mol. The van der Waals surface area contributed by atoms with E-state index in [1.165, 1.54) is 50.6 Å². The normalized spacial score (nSPS) is 23.1. The van der Waals surface area contributed by atoms with Crippen molar-refractivity contribution < 1.29 is 4.18 Å². The summed E-state index contributed by atoms with van der Waals surface area (Å²) < 4.78 is 5.09. The van der Waals surface area contributed by atoms with Crippen LogP contribution >= 0.6 is 0 Å². The van der Waals surface area contributed by atoms with E-state index in [0.717, 1.165) is 0 Å². The van der Waals surface area contributed by atoms with Crippen molar-refractivity contribution >= 4 is 12.0 Å². The molecule has 1 saturated heterocycles. The zero-order valence-corrected chi connectivity index (χ0v) is 7.57. The summed E-state index contributed by atoms with van der Waals surface area (Å²) in [6.45, 7) is 2.25.